The largest absolute Gasteiger partial charge is 0.0683 e. The predicted molar refractivity (Wildman–Crippen MR) is 419 cm³/mol. The van der Waals surface area contributed by atoms with E-state index < -0.39 is 0 Å². The summed E-state index contributed by atoms with van der Waals surface area (Å²) < 4.78 is 0. The average molecular weight is 1210 g/mol. The van der Waals surface area contributed by atoms with Crippen LogP contribution in [0.5, 0.6) is 0 Å². The van der Waals surface area contributed by atoms with E-state index >= 15 is 0 Å². The fourth-order valence-corrected chi connectivity index (χ4v) is 11.6. The number of hydrogen-bond acceptors (Lipinski definition) is 0. The van der Waals surface area contributed by atoms with Crippen LogP contribution in [0.2, 0.25) is 0 Å². The number of fused-ring (bicyclic) bond motifs is 21. The maximum Gasteiger partial charge on any atom is -0.00104 e. The first kappa shape index (κ1) is 87.2. The number of rotatable bonds is 0. The van der Waals surface area contributed by atoms with Crippen molar-refractivity contribution in [1.82, 2.24) is 0 Å². The molecule has 9 aromatic carbocycles. The molecule has 90 heavy (non-hydrogen) atoms. The summed E-state index contributed by atoms with van der Waals surface area (Å²) in [7, 11) is 0. The lowest BCUT2D eigenvalue weighted by atomic mass is 9.96. The second-order valence-corrected chi connectivity index (χ2v) is 17.4. The van der Waals surface area contributed by atoms with Crippen LogP contribution < -0.4 is 0 Å². The minimum absolute atomic E-state index is 1.10. The second-order valence-electron chi connectivity index (χ2n) is 17.4. The van der Waals surface area contributed by atoms with Crippen LogP contribution in [-0.2, 0) is 38.5 Å². The zero-order chi connectivity index (χ0) is 69.3. The molecule has 0 nitrogen and oxygen atoms in total. The zero-order valence-electron chi connectivity index (χ0n) is 63.6. The molecular formula is C90H132. The summed E-state index contributed by atoms with van der Waals surface area (Å²) in [4.78, 5) is 0. The molecule has 0 bridgehead atoms. The summed E-state index contributed by atoms with van der Waals surface area (Å²) in [5.41, 5.74) is 35.5. The Morgan fingerprint density at radius 1 is 0.122 bits per heavy atom. The van der Waals surface area contributed by atoms with Crippen molar-refractivity contribution in [1.29, 1.82) is 0 Å². The summed E-state index contributed by atoms with van der Waals surface area (Å²) in [6.07, 6.45) is 6.60. The summed E-state index contributed by atoms with van der Waals surface area (Å²) in [5, 5.41) is 0. The molecule has 6 aliphatic rings. The maximum atomic E-state index is 2.32. The third-order valence-corrected chi connectivity index (χ3v) is 14.3. The topological polar surface area (TPSA) is 0 Å². The first-order chi connectivity index (χ1) is 44.7. The van der Waals surface area contributed by atoms with Crippen LogP contribution in [0, 0.1) is 0 Å². The highest BCUT2D eigenvalue weighted by Gasteiger charge is 2.30. The standard InChI is InChI=1S/3C20H14.15C2H6/c3*1-3-7-15-13(5-1)11-19-17(15)9-10-18-16-8-4-2-6-14(16)12-20(18)19;15*1-2/h3*1-10H,11-12H2;15*1-2H3. The molecule has 0 spiro atoms. The Bertz CT molecular complexity index is 2700. The van der Waals surface area contributed by atoms with E-state index in [0.29, 0.717) is 0 Å². The molecule has 0 N–H and O–H groups in total. The van der Waals surface area contributed by atoms with Gasteiger partial charge in [-0.05, 0) is 172 Å². The molecule has 0 unspecified atom stereocenters. The monoisotopic (exact) mass is 1210 g/mol. The molecular weight excluding hydrogens is 1080 g/mol. The molecule has 0 radical (unpaired) electrons. The van der Waals surface area contributed by atoms with Crippen molar-refractivity contribution in [3.8, 4) is 66.8 Å². The van der Waals surface area contributed by atoms with Gasteiger partial charge in [0.2, 0.25) is 0 Å². The van der Waals surface area contributed by atoms with E-state index in [1.807, 2.05) is 208 Å². The molecule has 0 atom stereocenters. The van der Waals surface area contributed by atoms with E-state index in [1.165, 1.54) is 100 Å². The van der Waals surface area contributed by atoms with Gasteiger partial charge in [0, 0.05) is 0 Å². The molecule has 6 aliphatic carbocycles. The molecule has 0 saturated carbocycles. The van der Waals surface area contributed by atoms with Gasteiger partial charge < -0.3 is 0 Å². The Labute approximate surface area is 558 Å². The number of hydrogen-bond donors (Lipinski definition) is 0. The highest BCUT2D eigenvalue weighted by molar-refractivity contribution is 5.89. The van der Waals surface area contributed by atoms with Crippen molar-refractivity contribution in [2.75, 3.05) is 0 Å². The first-order valence-electron chi connectivity index (χ1n) is 36.7. The van der Waals surface area contributed by atoms with Gasteiger partial charge >= 0.3 is 0 Å². The van der Waals surface area contributed by atoms with Crippen LogP contribution in [0.3, 0.4) is 0 Å². The van der Waals surface area contributed by atoms with Crippen LogP contribution in [0.4, 0.5) is 0 Å². The van der Waals surface area contributed by atoms with Gasteiger partial charge in [0.25, 0.3) is 0 Å². The zero-order valence-corrected chi connectivity index (χ0v) is 63.6. The Morgan fingerprint density at radius 2 is 0.222 bits per heavy atom. The van der Waals surface area contributed by atoms with Crippen molar-refractivity contribution < 1.29 is 0 Å². The van der Waals surface area contributed by atoms with E-state index in [-0.39, 0.29) is 0 Å². The number of benzene rings is 9. The Morgan fingerprint density at radius 3 is 0.333 bits per heavy atom. The fraction of sp³-hybridized carbons (Fsp3) is 0.400. The van der Waals surface area contributed by atoms with Crippen molar-refractivity contribution >= 4 is 0 Å². The van der Waals surface area contributed by atoms with Crippen molar-refractivity contribution in [3.05, 3.63) is 249 Å². The Hall–Kier alpha value is -7.02. The first-order valence-corrected chi connectivity index (χ1v) is 36.7. The van der Waals surface area contributed by atoms with Gasteiger partial charge in [0.1, 0.15) is 0 Å². The lowest BCUT2D eigenvalue weighted by Crippen LogP contribution is -1.90. The Balaban J connectivity index is -0.00000104. The molecule has 0 amide bonds. The van der Waals surface area contributed by atoms with Gasteiger partial charge in [-0.25, -0.2) is 0 Å². The van der Waals surface area contributed by atoms with E-state index in [2.05, 4.69) is 182 Å². The van der Waals surface area contributed by atoms with Gasteiger partial charge in [0.05, 0.1) is 0 Å². The van der Waals surface area contributed by atoms with Gasteiger partial charge in [-0.1, -0.05) is 390 Å². The summed E-state index contributed by atoms with van der Waals surface area (Å²) >= 11 is 0. The normalized spacial score (nSPS) is 10.1. The molecule has 15 rings (SSSR count). The van der Waals surface area contributed by atoms with Crippen molar-refractivity contribution in [2.24, 2.45) is 0 Å². The molecule has 0 saturated heterocycles. The van der Waals surface area contributed by atoms with Crippen LogP contribution in [-0.4, -0.2) is 0 Å². The quantitative estimate of drug-likeness (QED) is 0.142. The van der Waals surface area contributed by atoms with E-state index in [1.54, 1.807) is 33.4 Å². The smallest absolute Gasteiger partial charge is 0.00104 e. The SMILES string of the molecule is CC.CC.CC.CC.CC.CC.CC.CC.CC.CC.CC.CC.CC.CC.CC.c1ccc2c(c1)Cc1c-2ccc2c1Cc1ccccc1-2.c1ccc2c(c1)Cc1c-2ccc2c1Cc1ccccc1-2.c1ccc2c(c1)Cc1c-2ccc2c1Cc1ccccc1-2. The molecule has 0 fully saturated rings. The minimum Gasteiger partial charge on any atom is -0.0683 e. The fourth-order valence-electron chi connectivity index (χ4n) is 11.6. The summed E-state index contributed by atoms with van der Waals surface area (Å²) in [6, 6.07) is 66.9. The molecule has 0 heterocycles. The minimum atomic E-state index is 1.10. The van der Waals surface area contributed by atoms with E-state index in [4.69, 9.17) is 0 Å². The molecule has 0 heteroatoms. The molecule has 0 aliphatic heterocycles. The third kappa shape index (κ3) is 20.8. The summed E-state index contributed by atoms with van der Waals surface area (Å²) in [6.45, 7) is 60.0. The van der Waals surface area contributed by atoms with Crippen LogP contribution in [0.15, 0.2) is 182 Å². The van der Waals surface area contributed by atoms with Crippen molar-refractivity contribution in [3.63, 3.8) is 0 Å². The molecule has 9 aromatic rings. The highest BCUT2D eigenvalue weighted by Crippen LogP contribution is 2.49. The van der Waals surface area contributed by atoms with Gasteiger partial charge in [-0.2, -0.15) is 0 Å². The molecule has 0 aromatic heterocycles. The molecule has 492 valence electrons. The lowest BCUT2D eigenvalue weighted by Gasteiger charge is -2.07. The van der Waals surface area contributed by atoms with Gasteiger partial charge in [-0.15, -0.1) is 0 Å². The third-order valence-electron chi connectivity index (χ3n) is 14.3. The van der Waals surface area contributed by atoms with E-state index in [9.17, 15) is 0 Å². The maximum absolute atomic E-state index is 2.32. The van der Waals surface area contributed by atoms with Crippen LogP contribution in [0.25, 0.3) is 66.8 Å². The van der Waals surface area contributed by atoms with E-state index in [0.717, 1.165) is 38.5 Å². The van der Waals surface area contributed by atoms with Gasteiger partial charge in [0.15, 0.2) is 0 Å². The predicted octanol–water partition coefficient (Wildman–Crippen LogP) is 29.9. The lowest BCUT2D eigenvalue weighted by molar-refractivity contribution is 1.16. The highest BCUT2D eigenvalue weighted by atomic mass is 14.3. The van der Waals surface area contributed by atoms with Gasteiger partial charge in [-0.3, -0.25) is 0 Å². The summed E-state index contributed by atoms with van der Waals surface area (Å²) in [5.74, 6) is 0. The second kappa shape index (κ2) is 52.7. The average Bonchev–Trinajstić information content (AvgIpc) is 2.10. The van der Waals surface area contributed by atoms with Crippen LogP contribution >= 0.6 is 0 Å². The van der Waals surface area contributed by atoms with Crippen molar-refractivity contribution in [2.45, 2.75) is 246 Å². The Kier molecular flexibility index (Phi) is 51.1. The van der Waals surface area contributed by atoms with Crippen LogP contribution in [0.1, 0.15) is 274 Å².